The van der Waals surface area contributed by atoms with Crippen molar-refractivity contribution in [3.8, 4) is 11.5 Å². The zero-order valence-corrected chi connectivity index (χ0v) is 20.6. The summed E-state index contributed by atoms with van der Waals surface area (Å²) in [4.78, 5) is 23.9. The average Bonchev–Trinajstić information content (AvgIpc) is 2.92. The summed E-state index contributed by atoms with van der Waals surface area (Å²) in [6.45, 7) is 1.35. The number of hydrogen-bond donors (Lipinski definition) is 3. The molecule has 0 bridgehead atoms. The summed E-state index contributed by atoms with van der Waals surface area (Å²) in [5.41, 5.74) is 0.459. The van der Waals surface area contributed by atoms with E-state index in [4.69, 9.17) is 9.47 Å². The van der Waals surface area contributed by atoms with Gasteiger partial charge in [-0.25, -0.2) is 0 Å². The average molecular weight is 493 g/mol. The van der Waals surface area contributed by atoms with Gasteiger partial charge in [-0.05, 0) is 47.9 Å². The van der Waals surface area contributed by atoms with Gasteiger partial charge in [0.15, 0.2) is 5.78 Å². The molecule has 0 amide bonds. The topological polar surface area (TPSA) is 113 Å². The van der Waals surface area contributed by atoms with Crippen molar-refractivity contribution < 1.29 is 34.4 Å². The van der Waals surface area contributed by atoms with Crippen molar-refractivity contribution in [1.82, 2.24) is 0 Å². The maximum atomic E-state index is 12.6. The summed E-state index contributed by atoms with van der Waals surface area (Å²) in [7, 11) is 3.09. The molecule has 0 aromatic heterocycles. The van der Waals surface area contributed by atoms with Crippen LogP contribution < -0.4 is 9.47 Å². The van der Waals surface area contributed by atoms with Crippen LogP contribution in [0.5, 0.6) is 11.5 Å². The number of Topliss-reactive ketones (excluding diaryl/α,β-unsaturated/α-hetero) is 2. The highest BCUT2D eigenvalue weighted by Gasteiger charge is 2.49. The first-order chi connectivity index (χ1) is 17.2. The lowest BCUT2D eigenvalue weighted by Crippen LogP contribution is -2.54. The normalized spacial score (nSPS) is 13.9. The van der Waals surface area contributed by atoms with E-state index in [1.165, 1.54) is 6.92 Å². The Balaban J connectivity index is 2.22. The third-order valence-electron chi connectivity index (χ3n) is 6.46. The van der Waals surface area contributed by atoms with Crippen LogP contribution in [-0.2, 0) is 15.0 Å². The Morgan fingerprint density at radius 1 is 0.722 bits per heavy atom. The Bertz CT molecular complexity index is 1090. The van der Waals surface area contributed by atoms with E-state index in [1.54, 1.807) is 62.8 Å². The van der Waals surface area contributed by atoms with Gasteiger partial charge in [0.2, 0.25) is 0 Å². The number of ketones is 2. The van der Waals surface area contributed by atoms with Crippen LogP contribution in [0.1, 0.15) is 36.5 Å². The van der Waals surface area contributed by atoms with Crippen molar-refractivity contribution >= 4 is 11.6 Å². The Morgan fingerprint density at radius 2 is 1.17 bits per heavy atom. The molecule has 3 atom stereocenters. The van der Waals surface area contributed by atoms with E-state index in [2.05, 4.69) is 0 Å². The number of aliphatic hydroxyl groups excluding tert-OH is 3. The monoisotopic (exact) mass is 492 g/mol. The van der Waals surface area contributed by atoms with Crippen LogP contribution in [0.4, 0.5) is 0 Å². The molecule has 0 saturated carbocycles. The van der Waals surface area contributed by atoms with Gasteiger partial charge in [-0.3, -0.25) is 4.79 Å². The van der Waals surface area contributed by atoms with Gasteiger partial charge in [0.1, 0.15) is 35.6 Å². The largest absolute Gasteiger partial charge is 0.497 e. The molecular formula is C29H32O7. The molecule has 0 aliphatic carbocycles. The first kappa shape index (κ1) is 27.1. The van der Waals surface area contributed by atoms with Crippen molar-refractivity contribution in [3.05, 3.63) is 95.6 Å². The molecule has 0 aliphatic rings. The minimum Gasteiger partial charge on any atom is -0.497 e. The van der Waals surface area contributed by atoms with Crippen molar-refractivity contribution in [2.75, 3.05) is 14.2 Å². The lowest BCUT2D eigenvalue weighted by molar-refractivity contribution is -0.141. The minimum absolute atomic E-state index is 0.0561. The number of rotatable bonds is 12. The Labute approximate surface area is 210 Å². The van der Waals surface area contributed by atoms with E-state index in [0.29, 0.717) is 28.2 Å². The second-order valence-corrected chi connectivity index (χ2v) is 8.68. The molecule has 7 heteroatoms. The predicted molar refractivity (Wildman–Crippen MR) is 135 cm³/mol. The molecule has 3 aromatic carbocycles. The van der Waals surface area contributed by atoms with Crippen LogP contribution in [0.2, 0.25) is 0 Å². The molecule has 3 N–H and O–H groups in total. The zero-order chi connectivity index (χ0) is 26.3. The lowest BCUT2D eigenvalue weighted by atomic mass is 9.64. The predicted octanol–water partition coefficient (Wildman–Crippen LogP) is 3.06. The molecule has 3 unspecified atom stereocenters. The summed E-state index contributed by atoms with van der Waals surface area (Å²) in [5, 5.41) is 33.8. The Hall–Kier alpha value is -3.52. The molecule has 7 nitrogen and oxygen atoms in total. The molecule has 3 aromatic rings. The second kappa shape index (κ2) is 11.9. The van der Waals surface area contributed by atoms with Crippen LogP contribution in [0.25, 0.3) is 0 Å². The lowest BCUT2D eigenvalue weighted by Gasteiger charge is -2.42. The molecular weight excluding hydrogens is 460 g/mol. The SMILES string of the molecule is COc1ccc(C(c2ccccc2)(c2ccc(OC)cc2)C(O)C(O)C(O)C(=O)CCC(C)=O)cc1. The van der Waals surface area contributed by atoms with E-state index in [9.17, 15) is 24.9 Å². The Kier molecular flexibility index (Phi) is 8.98. The smallest absolute Gasteiger partial charge is 0.164 e. The number of hydrogen-bond acceptors (Lipinski definition) is 7. The summed E-state index contributed by atoms with van der Waals surface area (Å²) < 4.78 is 10.6. The first-order valence-corrected chi connectivity index (χ1v) is 11.7. The van der Waals surface area contributed by atoms with E-state index in [-0.39, 0.29) is 18.6 Å². The van der Waals surface area contributed by atoms with E-state index in [1.807, 2.05) is 30.3 Å². The van der Waals surface area contributed by atoms with Crippen LogP contribution >= 0.6 is 0 Å². The summed E-state index contributed by atoms with van der Waals surface area (Å²) in [6, 6.07) is 23.1. The molecule has 0 spiro atoms. The van der Waals surface area contributed by atoms with Gasteiger partial charge in [-0.15, -0.1) is 0 Å². The van der Waals surface area contributed by atoms with Gasteiger partial charge in [-0.2, -0.15) is 0 Å². The van der Waals surface area contributed by atoms with Gasteiger partial charge in [-0.1, -0.05) is 54.6 Å². The van der Waals surface area contributed by atoms with Crippen molar-refractivity contribution in [1.29, 1.82) is 0 Å². The molecule has 0 saturated heterocycles. The molecule has 0 fully saturated rings. The van der Waals surface area contributed by atoms with Gasteiger partial charge < -0.3 is 29.6 Å². The van der Waals surface area contributed by atoms with E-state index < -0.39 is 29.5 Å². The fourth-order valence-corrected chi connectivity index (χ4v) is 4.49. The highest BCUT2D eigenvalue weighted by atomic mass is 16.5. The van der Waals surface area contributed by atoms with Crippen molar-refractivity contribution in [3.63, 3.8) is 0 Å². The van der Waals surface area contributed by atoms with Gasteiger partial charge in [0.05, 0.1) is 19.6 Å². The van der Waals surface area contributed by atoms with Crippen LogP contribution in [0, 0.1) is 0 Å². The maximum Gasteiger partial charge on any atom is 0.164 e. The molecule has 36 heavy (non-hydrogen) atoms. The standard InChI is InChI=1S/C29H32O7/c1-19(30)9-18-25(31)26(32)27(33)28(34)29(20-7-5-4-6-8-20,21-10-14-23(35-2)15-11-21)22-12-16-24(36-3)17-13-22/h4-8,10-17,26-28,32-34H,9,18H2,1-3H3. The van der Waals surface area contributed by atoms with Crippen LogP contribution in [0.3, 0.4) is 0 Å². The number of methoxy groups -OCH3 is 2. The fraction of sp³-hybridized carbons (Fsp3) is 0.310. The zero-order valence-electron chi connectivity index (χ0n) is 20.6. The quantitative estimate of drug-likeness (QED) is 0.333. The maximum absolute atomic E-state index is 12.6. The van der Waals surface area contributed by atoms with Crippen LogP contribution in [-0.4, -0.2) is 59.4 Å². The van der Waals surface area contributed by atoms with Crippen LogP contribution in [0.15, 0.2) is 78.9 Å². The Morgan fingerprint density at radius 3 is 1.58 bits per heavy atom. The highest BCUT2D eigenvalue weighted by Crippen LogP contribution is 2.44. The van der Waals surface area contributed by atoms with Crippen molar-refractivity contribution in [2.24, 2.45) is 0 Å². The molecule has 0 heterocycles. The molecule has 3 rings (SSSR count). The summed E-state index contributed by atoms with van der Waals surface area (Å²) in [5.74, 6) is 0.277. The van der Waals surface area contributed by atoms with Gasteiger partial charge >= 0.3 is 0 Å². The van der Waals surface area contributed by atoms with Gasteiger partial charge in [0.25, 0.3) is 0 Å². The number of aliphatic hydroxyl groups is 3. The third kappa shape index (κ3) is 5.49. The fourth-order valence-electron chi connectivity index (χ4n) is 4.49. The second-order valence-electron chi connectivity index (χ2n) is 8.68. The number of ether oxygens (including phenoxy) is 2. The molecule has 0 radical (unpaired) electrons. The number of carbonyl (C=O) groups is 2. The first-order valence-electron chi connectivity index (χ1n) is 11.7. The highest BCUT2D eigenvalue weighted by molar-refractivity contribution is 5.88. The minimum atomic E-state index is -1.89. The van der Waals surface area contributed by atoms with Crippen molar-refractivity contribution in [2.45, 2.75) is 43.5 Å². The summed E-state index contributed by atoms with van der Waals surface area (Å²) >= 11 is 0. The molecule has 0 aliphatic heterocycles. The van der Waals surface area contributed by atoms with E-state index >= 15 is 0 Å². The summed E-state index contributed by atoms with van der Waals surface area (Å²) in [6.07, 6.45) is -5.69. The third-order valence-corrected chi connectivity index (χ3v) is 6.46. The number of carbonyl (C=O) groups excluding carboxylic acids is 2. The number of benzene rings is 3. The van der Waals surface area contributed by atoms with E-state index in [0.717, 1.165) is 0 Å². The van der Waals surface area contributed by atoms with Gasteiger partial charge in [0, 0.05) is 12.8 Å². The molecule has 190 valence electrons.